The van der Waals surface area contributed by atoms with Gasteiger partial charge in [-0.2, -0.15) is 0 Å². The first-order chi connectivity index (χ1) is 10.0. The zero-order chi connectivity index (χ0) is 15.4. The summed E-state index contributed by atoms with van der Waals surface area (Å²) < 4.78 is 16.3. The summed E-state index contributed by atoms with van der Waals surface area (Å²) in [4.78, 5) is 18.6. The Morgan fingerprint density at radius 3 is 2.33 bits per heavy atom. The second kappa shape index (κ2) is 6.49. The van der Waals surface area contributed by atoms with Crippen molar-refractivity contribution >= 4 is 22.4 Å². The molecule has 5 nitrogen and oxygen atoms in total. The highest BCUT2D eigenvalue weighted by Crippen LogP contribution is 2.18. The zero-order valence-electron chi connectivity index (χ0n) is 12.1. The van der Waals surface area contributed by atoms with E-state index in [1.165, 1.54) is 12.0 Å². The van der Waals surface area contributed by atoms with Gasteiger partial charge in [-0.25, -0.2) is 4.98 Å². The third-order valence-electron chi connectivity index (χ3n) is 3.05. The Hall–Kier alpha value is -2.21. The van der Waals surface area contributed by atoms with Crippen LogP contribution in [-0.4, -0.2) is 35.5 Å². The van der Waals surface area contributed by atoms with Crippen molar-refractivity contribution in [3.63, 3.8) is 0 Å². The summed E-state index contributed by atoms with van der Waals surface area (Å²) in [6, 6.07) is 10.2. The molecule has 0 saturated heterocycles. The van der Waals surface area contributed by atoms with Crippen LogP contribution in [0, 0.1) is 0 Å². The van der Waals surface area contributed by atoms with E-state index in [0.29, 0.717) is 22.0 Å². The molecular weight excluding hydrogens is 288 g/mol. The number of hydrogen-bond acceptors (Lipinski definition) is 4. The van der Waals surface area contributed by atoms with E-state index in [1.54, 1.807) is 55.9 Å². The van der Waals surface area contributed by atoms with Crippen LogP contribution in [0.3, 0.4) is 0 Å². The molecule has 0 saturated carbocycles. The molecule has 0 spiro atoms. The SMILES string of the molecule is COc1ccc(N(C)C(=O)c2ccc(S(C)=O)cc2)cn1. The molecule has 21 heavy (non-hydrogen) atoms. The molecule has 0 fully saturated rings. The summed E-state index contributed by atoms with van der Waals surface area (Å²) in [6.45, 7) is 0. The highest BCUT2D eigenvalue weighted by Gasteiger charge is 2.14. The topological polar surface area (TPSA) is 59.5 Å². The van der Waals surface area contributed by atoms with Gasteiger partial charge in [-0.1, -0.05) is 0 Å². The minimum Gasteiger partial charge on any atom is -0.481 e. The number of rotatable bonds is 4. The van der Waals surface area contributed by atoms with Crippen LogP contribution >= 0.6 is 0 Å². The molecule has 1 unspecified atom stereocenters. The number of carbonyl (C=O) groups is 1. The number of amides is 1. The molecule has 6 heteroatoms. The standard InChI is InChI=1S/C15H16N2O3S/c1-17(12-6-9-14(20-2)16-10-12)15(18)11-4-7-13(8-5-11)21(3)19/h4-10H,1-3H3. The lowest BCUT2D eigenvalue weighted by Gasteiger charge is -2.17. The predicted octanol–water partition coefficient (Wildman–Crippen LogP) is 2.10. The molecule has 0 radical (unpaired) electrons. The maximum atomic E-state index is 12.4. The minimum atomic E-state index is -1.05. The van der Waals surface area contributed by atoms with Crippen molar-refractivity contribution in [3.05, 3.63) is 48.2 Å². The van der Waals surface area contributed by atoms with Gasteiger partial charge in [-0.15, -0.1) is 0 Å². The van der Waals surface area contributed by atoms with E-state index in [0.717, 1.165) is 0 Å². The van der Waals surface area contributed by atoms with E-state index in [1.807, 2.05) is 0 Å². The van der Waals surface area contributed by atoms with Crippen molar-refractivity contribution in [1.29, 1.82) is 0 Å². The van der Waals surface area contributed by atoms with Crippen LogP contribution in [0.2, 0.25) is 0 Å². The normalized spacial score (nSPS) is 11.8. The average Bonchev–Trinajstić information content (AvgIpc) is 2.53. The number of benzene rings is 1. The van der Waals surface area contributed by atoms with Gasteiger partial charge in [-0.05, 0) is 30.3 Å². The van der Waals surface area contributed by atoms with Gasteiger partial charge < -0.3 is 9.64 Å². The molecule has 1 atom stereocenters. The molecular formula is C15H16N2O3S. The molecule has 110 valence electrons. The van der Waals surface area contributed by atoms with Gasteiger partial charge in [-0.3, -0.25) is 9.00 Å². The van der Waals surface area contributed by atoms with Crippen LogP contribution in [0.1, 0.15) is 10.4 Å². The Labute approximate surface area is 126 Å². The molecule has 0 aliphatic rings. The number of carbonyl (C=O) groups excluding carboxylic acids is 1. The highest BCUT2D eigenvalue weighted by molar-refractivity contribution is 7.84. The zero-order valence-corrected chi connectivity index (χ0v) is 12.9. The Morgan fingerprint density at radius 2 is 1.86 bits per heavy atom. The van der Waals surface area contributed by atoms with Crippen LogP contribution in [0.5, 0.6) is 5.88 Å². The number of anilines is 1. The molecule has 1 heterocycles. The third kappa shape index (κ3) is 3.46. The largest absolute Gasteiger partial charge is 0.481 e. The highest BCUT2D eigenvalue weighted by atomic mass is 32.2. The van der Waals surface area contributed by atoms with Crippen LogP contribution in [0.15, 0.2) is 47.5 Å². The Morgan fingerprint density at radius 1 is 1.19 bits per heavy atom. The summed E-state index contributed by atoms with van der Waals surface area (Å²) in [6.07, 6.45) is 3.18. The molecule has 1 amide bonds. The van der Waals surface area contributed by atoms with Gasteiger partial charge in [0, 0.05) is 40.6 Å². The first kappa shape index (κ1) is 15.2. The number of hydrogen-bond donors (Lipinski definition) is 0. The monoisotopic (exact) mass is 304 g/mol. The van der Waals surface area contributed by atoms with Crippen LogP contribution in [0.4, 0.5) is 5.69 Å². The lowest BCUT2D eigenvalue weighted by atomic mass is 10.2. The molecule has 1 aromatic heterocycles. The molecule has 0 aliphatic heterocycles. The lowest BCUT2D eigenvalue weighted by Crippen LogP contribution is -2.26. The number of pyridine rings is 1. The van der Waals surface area contributed by atoms with Crippen LogP contribution in [-0.2, 0) is 10.8 Å². The van der Waals surface area contributed by atoms with E-state index >= 15 is 0 Å². The van der Waals surface area contributed by atoms with Gasteiger partial charge in [0.2, 0.25) is 5.88 Å². The Balaban J connectivity index is 2.19. The van der Waals surface area contributed by atoms with Crippen molar-refractivity contribution in [2.45, 2.75) is 4.90 Å². The molecule has 0 bridgehead atoms. The third-order valence-corrected chi connectivity index (χ3v) is 3.99. The van der Waals surface area contributed by atoms with Crippen LogP contribution < -0.4 is 9.64 Å². The number of aromatic nitrogens is 1. The van der Waals surface area contributed by atoms with Gasteiger partial charge in [0.05, 0.1) is 19.0 Å². The summed E-state index contributed by atoms with van der Waals surface area (Å²) in [7, 11) is 2.17. The molecule has 2 aromatic rings. The molecule has 0 aliphatic carbocycles. The first-order valence-corrected chi connectivity index (χ1v) is 7.80. The van der Waals surface area contributed by atoms with Gasteiger partial charge in [0.15, 0.2) is 0 Å². The van der Waals surface area contributed by atoms with Gasteiger partial charge in [0.1, 0.15) is 0 Å². The van der Waals surface area contributed by atoms with Gasteiger partial charge in [0.25, 0.3) is 5.91 Å². The van der Waals surface area contributed by atoms with Crippen molar-refractivity contribution in [2.75, 3.05) is 25.3 Å². The van der Waals surface area contributed by atoms with E-state index < -0.39 is 10.8 Å². The maximum Gasteiger partial charge on any atom is 0.258 e. The van der Waals surface area contributed by atoms with E-state index in [9.17, 15) is 9.00 Å². The summed E-state index contributed by atoms with van der Waals surface area (Å²) in [5.41, 5.74) is 1.20. The van der Waals surface area contributed by atoms with E-state index in [-0.39, 0.29) is 5.91 Å². The summed E-state index contributed by atoms with van der Waals surface area (Å²) in [5, 5.41) is 0. The molecule has 1 aromatic carbocycles. The Bertz CT molecular complexity index is 654. The second-order valence-corrected chi connectivity index (χ2v) is 5.78. The number of nitrogens with zero attached hydrogens (tertiary/aromatic N) is 2. The lowest BCUT2D eigenvalue weighted by molar-refractivity contribution is 0.0993. The van der Waals surface area contributed by atoms with Crippen molar-refractivity contribution in [1.82, 2.24) is 4.98 Å². The smallest absolute Gasteiger partial charge is 0.258 e. The van der Waals surface area contributed by atoms with Crippen LogP contribution in [0.25, 0.3) is 0 Å². The molecule has 0 N–H and O–H groups in total. The fourth-order valence-electron chi connectivity index (χ4n) is 1.79. The van der Waals surface area contributed by atoms with E-state index in [4.69, 9.17) is 4.74 Å². The quantitative estimate of drug-likeness (QED) is 0.868. The Kier molecular flexibility index (Phi) is 4.70. The predicted molar refractivity (Wildman–Crippen MR) is 82.3 cm³/mol. The summed E-state index contributed by atoms with van der Waals surface area (Å²) >= 11 is 0. The van der Waals surface area contributed by atoms with Crippen molar-refractivity contribution < 1.29 is 13.7 Å². The van der Waals surface area contributed by atoms with E-state index in [2.05, 4.69) is 4.98 Å². The first-order valence-electron chi connectivity index (χ1n) is 6.24. The maximum absolute atomic E-state index is 12.4. The van der Waals surface area contributed by atoms with Crippen molar-refractivity contribution in [2.24, 2.45) is 0 Å². The average molecular weight is 304 g/mol. The second-order valence-electron chi connectivity index (χ2n) is 4.40. The summed E-state index contributed by atoms with van der Waals surface area (Å²) in [5.74, 6) is 0.338. The molecule has 2 rings (SSSR count). The number of ether oxygens (including phenoxy) is 1. The van der Waals surface area contributed by atoms with Crippen molar-refractivity contribution in [3.8, 4) is 5.88 Å². The van der Waals surface area contributed by atoms with Gasteiger partial charge >= 0.3 is 0 Å². The minimum absolute atomic E-state index is 0.157. The number of methoxy groups -OCH3 is 1. The fraction of sp³-hybridized carbons (Fsp3) is 0.200. The fourth-order valence-corrected chi connectivity index (χ4v) is 2.31.